The van der Waals surface area contributed by atoms with Crippen LogP contribution in [-0.2, 0) is 9.59 Å². The Bertz CT molecular complexity index is 429. The van der Waals surface area contributed by atoms with Crippen molar-refractivity contribution in [3.8, 4) is 0 Å². The smallest absolute Gasteiger partial charge is 0.243 e. The maximum Gasteiger partial charge on any atom is 0.243 e. The molecule has 2 N–H and O–H groups in total. The van der Waals surface area contributed by atoms with E-state index in [0.29, 0.717) is 0 Å². The Hall–Kier alpha value is -1.58. The molecule has 1 fully saturated rings. The van der Waals surface area contributed by atoms with E-state index in [1.165, 1.54) is 32.1 Å². The molecular formula is C20H34N2O2. The molecule has 1 saturated carbocycles. The summed E-state index contributed by atoms with van der Waals surface area (Å²) >= 11 is 0. The van der Waals surface area contributed by atoms with Crippen LogP contribution < -0.4 is 10.6 Å². The van der Waals surface area contributed by atoms with Crippen LogP contribution in [0.2, 0.25) is 0 Å². The molecule has 1 rings (SSSR count). The van der Waals surface area contributed by atoms with Crippen LogP contribution in [-0.4, -0.2) is 23.9 Å². The highest BCUT2D eigenvalue weighted by molar-refractivity contribution is 5.89. The standard InChI is InChI=1S/C20H34N2O2/c1-3-5-7-9-11-13-15-20(24)22-18-16-17(18)21-19(23)14-12-10-8-6-4-2/h12-15,17-18H,3-11,16H2,1-2H3,(H,21,23)(H,22,24)/b14-12+,15-13+/t17-,18+/m1/s1. The van der Waals surface area contributed by atoms with Crippen molar-refractivity contribution in [3.05, 3.63) is 24.3 Å². The molecule has 0 radical (unpaired) electrons. The lowest BCUT2D eigenvalue weighted by Gasteiger charge is -2.02. The molecule has 0 aromatic heterocycles. The first-order valence-corrected chi connectivity index (χ1v) is 9.61. The number of unbranched alkanes of at least 4 members (excludes halogenated alkanes) is 7. The summed E-state index contributed by atoms with van der Waals surface area (Å²) in [4.78, 5) is 23.5. The summed E-state index contributed by atoms with van der Waals surface area (Å²) in [6.45, 7) is 4.36. The van der Waals surface area contributed by atoms with Gasteiger partial charge in [-0.3, -0.25) is 9.59 Å². The van der Waals surface area contributed by atoms with E-state index in [0.717, 1.165) is 32.1 Å². The minimum Gasteiger partial charge on any atom is -0.348 e. The van der Waals surface area contributed by atoms with E-state index in [-0.39, 0.29) is 23.9 Å². The van der Waals surface area contributed by atoms with Gasteiger partial charge in [-0.1, -0.05) is 58.1 Å². The quantitative estimate of drug-likeness (QED) is 0.395. The first kappa shape index (κ1) is 20.5. The van der Waals surface area contributed by atoms with Gasteiger partial charge in [0, 0.05) is 0 Å². The van der Waals surface area contributed by atoms with Gasteiger partial charge in [0.05, 0.1) is 12.1 Å². The molecule has 24 heavy (non-hydrogen) atoms. The molecule has 4 nitrogen and oxygen atoms in total. The second-order valence-electron chi connectivity index (χ2n) is 6.62. The molecule has 1 aliphatic rings. The Morgan fingerprint density at radius 3 is 1.75 bits per heavy atom. The highest BCUT2D eigenvalue weighted by Crippen LogP contribution is 2.21. The van der Waals surface area contributed by atoms with Crippen LogP contribution in [0.15, 0.2) is 24.3 Å². The average Bonchev–Trinajstić information content (AvgIpc) is 3.27. The lowest BCUT2D eigenvalue weighted by molar-refractivity contribution is -0.118. The molecule has 1 aliphatic carbocycles. The second-order valence-corrected chi connectivity index (χ2v) is 6.62. The van der Waals surface area contributed by atoms with Gasteiger partial charge in [0.1, 0.15) is 0 Å². The maximum atomic E-state index is 11.8. The van der Waals surface area contributed by atoms with Gasteiger partial charge in [-0.2, -0.15) is 0 Å². The summed E-state index contributed by atoms with van der Waals surface area (Å²) in [7, 11) is 0. The molecular weight excluding hydrogens is 300 g/mol. The molecule has 0 saturated heterocycles. The van der Waals surface area contributed by atoms with Crippen LogP contribution in [0.4, 0.5) is 0 Å². The van der Waals surface area contributed by atoms with Crippen LogP contribution in [0, 0.1) is 0 Å². The number of amides is 2. The van der Waals surface area contributed by atoms with Crippen LogP contribution in [0.3, 0.4) is 0 Å². The summed E-state index contributed by atoms with van der Waals surface area (Å²) < 4.78 is 0. The third kappa shape index (κ3) is 10.2. The third-order valence-electron chi connectivity index (χ3n) is 4.18. The van der Waals surface area contributed by atoms with Gasteiger partial charge in [0.25, 0.3) is 0 Å². The SMILES string of the molecule is CCCCC/C=C/C(=O)N[C@@H]1C[C@@H]1NC(=O)/C=C/CCCCCC. The fourth-order valence-corrected chi connectivity index (χ4v) is 2.56. The lowest BCUT2D eigenvalue weighted by Crippen LogP contribution is -2.33. The number of carbonyl (C=O) groups is 2. The van der Waals surface area contributed by atoms with E-state index < -0.39 is 0 Å². The molecule has 0 unspecified atom stereocenters. The lowest BCUT2D eigenvalue weighted by atomic mass is 10.1. The van der Waals surface area contributed by atoms with Gasteiger partial charge in [0.15, 0.2) is 0 Å². The molecule has 0 spiro atoms. The van der Waals surface area contributed by atoms with E-state index in [1.54, 1.807) is 12.2 Å². The van der Waals surface area contributed by atoms with Gasteiger partial charge in [-0.05, 0) is 44.3 Å². The Kier molecular flexibility index (Phi) is 10.9. The number of rotatable bonds is 13. The summed E-state index contributed by atoms with van der Waals surface area (Å²) in [5.41, 5.74) is 0. The first-order valence-electron chi connectivity index (χ1n) is 9.61. The maximum absolute atomic E-state index is 11.8. The summed E-state index contributed by atoms with van der Waals surface area (Å²) in [6.07, 6.45) is 18.2. The minimum absolute atomic E-state index is 0.0534. The molecule has 2 amide bonds. The van der Waals surface area contributed by atoms with Gasteiger partial charge in [-0.25, -0.2) is 0 Å². The van der Waals surface area contributed by atoms with E-state index >= 15 is 0 Å². The zero-order chi connectivity index (χ0) is 17.6. The van der Waals surface area contributed by atoms with Gasteiger partial charge < -0.3 is 10.6 Å². The summed E-state index contributed by atoms with van der Waals surface area (Å²) in [5, 5.41) is 5.86. The summed E-state index contributed by atoms with van der Waals surface area (Å²) in [5.74, 6) is -0.109. The van der Waals surface area contributed by atoms with E-state index in [1.807, 2.05) is 12.2 Å². The Morgan fingerprint density at radius 2 is 1.25 bits per heavy atom. The Balaban J connectivity index is 2.07. The highest BCUT2D eigenvalue weighted by Gasteiger charge is 2.38. The normalized spacial score (nSPS) is 19.8. The van der Waals surface area contributed by atoms with Crippen LogP contribution in [0.25, 0.3) is 0 Å². The van der Waals surface area contributed by atoms with Crippen LogP contribution in [0.1, 0.15) is 78.1 Å². The van der Waals surface area contributed by atoms with Crippen molar-refractivity contribution >= 4 is 11.8 Å². The van der Waals surface area contributed by atoms with Crippen molar-refractivity contribution in [1.29, 1.82) is 0 Å². The Morgan fingerprint density at radius 1 is 0.792 bits per heavy atom. The molecule has 0 aromatic rings. The second kappa shape index (κ2) is 12.8. The molecule has 0 bridgehead atoms. The van der Waals surface area contributed by atoms with E-state index in [4.69, 9.17) is 0 Å². The number of hydrogen-bond acceptors (Lipinski definition) is 2. The molecule has 0 aromatic carbocycles. The number of hydrogen-bond donors (Lipinski definition) is 2. The van der Waals surface area contributed by atoms with Gasteiger partial charge >= 0.3 is 0 Å². The predicted octanol–water partition coefficient (Wildman–Crippen LogP) is 4.02. The van der Waals surface area contributed by atoms with Crippen molar-refractivity contribution in [2.24, 2.45) is 0 Å². The molecule has 0 aliphatic heterocycles. The minimum atomic E-state index is -0.0558. The number of allylic oxidation sites excluding steroid dienone is 2. The topological polar surface area (TPSA) is 58.2 Å². The van der Waals surface area contributed by atoms with E-state index in [9.17, 15) is 9.59 Å². The average molecular weight is 335 g/mol. The van der Waals surface area contributed by atoms with Gasteiger partial charge in [-0.15, -0.1) is 0 Å². The molecule has 136 valence electrons. The zero-order valence-corrected chi connectivity index (χ0v) is 15.4. The zero-order valence-electron chi connectivity index (χ0n) is 15.4. The largest absolute Gasteiger partial charge is 0.348 e. The Labute approximate surface area is 147 Å². The predicted molar refractivity (Wildman–Crippen MR) is 99.7 cm³/mol. The number of nitrogens with one attached hydrogen (secondary N) is 2. The fourth-order valence-electron chi connectivity index (χ4n) is 2.56. The first-order chi connectivity index (χ1) is 11.7. The van der Waals surface area contributed by atoms with E-state index in [2.05, 4.69) is 24.5 Å². The fraction of sp³-hybridized carbons (Fsp3) is 0.700. The number of carbonyl (C=O) groups excluding carboxylic acids is 2. The van der Waals surface area contributed by atoms with Crippen LogP contribution in [0.5, 0.6) is 0 Å². The van der Waals surface area contributed by atoms with Crippen molar-refractivity contribution in [2.45, 2.75) is 90.1 Å². The van der Waals surface area contributed by atoms with Crippen molar-refractivity contribution < 1.29 is 9.59 Å². The molecule has 2 atom stereocenters. The van der Waals surface area contributed by atoms with Crippen LogP contribution >= 0.6 is 0 Å². The third-order valence-corrected chi connectivity index (χ3v) is 4.18. The highest BCUT2D eigenvalue weighted by atomic mass is 16.2. The molecule has 0 heterocycles. The van der Waals surface area contributed by atoms with Crippen molar-refractivity contribution in [3.63, 3.8) is 0 Å². The monoisotopic (exact) mass is 334 g/mol. The summed E-state index contributed by atoms with van der Waals surface area (Å²) in [6, 6.07) is 0.166. The van der Waals surface area contributed by atoms with Crippen molar-refractivity contribution in [2.75, 3.05) is 0 Å². The molecule has 4 heteroatoms. The van der Waals surface area contributed by atoms with Gasteiger partial charge in [0.2, 0.25) is 11.8 Å². The van der Waals surface area contributed by atoms with Crippen molar-refractivity contribution in [1.82, 2.24) is 10.6 Å².